The summed E-state index contributed by atoms with van der Waals surface area (Å²) in [6.45, 7) is 10.9. The molecule has 0 radical (unpaired) electrons. The maximum Gasteiger partial charge on any atom is 0.0961 e. The molecule has 0 aliphatic heterocycles. The maximum absolute atomic E-state index is 11.5. The van der Waals surface area contributed by atoms with Crippen LogP contribution in [0.4, 0.5) is 0 Å². The minimum atomic E-state index is -0.827. The van der Waals surface area contributed by atoms with E-state index in [1.807, 2.05) is 18.2 Å². The van der Waals surface area contributed by atoms with E-state index >= 15 is 0 Å². The van der Waals surface area contributed by atoms with Gasteiger partial charge < -0.3 is 5.11 Å². The zero-order chi connectivity index (χ0) is 17.1. The predicted octanol–water partition coefficient (Wildman–Crippen LogP) is 5.46. The molecule has 2 aromatic carbocycles. The maximum atomic E-state index is 11.5. The Kier molecular flexibility index (Phi) is 5.31. The monoisotopic (exact) mass is 310 g/mol. The molecule has 23 heavy (non-hydrogen) atoms. The molecule has 0 aliphatic carbocycles. The van der Waals surface area contributed by atoms with Gasteiger partial charge >= 0.3 is 0 Å². The molecule has 0 aliphatic rings. The lowest BCUT2D eigenvalue weighted by molar-refractivity contribution is -0.0186. The fourth-order valence-corrected chi connectivity index (χ4v) is 3.06. The molecule has 2 atom stereocenters. The standard InChI is InChI=1S/C22H30O/c1-6-17(2)22(23,16-18-10-8-7-9-11-18)20-14-12-19(13-15-20)21(3,4)5/h7-15,17,23H,6,16H2,1-5H3. The van der Waals surface area contributed by atoms with Gasteiger partial charge in [-0.1, -0.05) is 95.6 Å². The highest BCUT2D eigenvalue weighted by atomic mass is 16.3. The van der Waals surface area contributed by atoms with E-state index in [1.165, 1.54) is 11.1 Å². The Balaban J connectivity index is 2.38. The quantitative estimate of drug-likeness (QED) is 0.777. The highest BCUT2D eigenvalue weighted by Gasteiger charge is 2.35. The lowest BCUT2D eigenvalue weighted by Crippen LogP contribution is -2.36. The number of hydrogen-bond acceptors (Lipinski definition) is 1. The molecule has 0 saturated carbocycles. The molecule has 2 aromatic rings. The second-order valence-electron chi connectivity index (χ2n) is 7.72. The fraction of sp³-hybridized carbons (Fsp3) is 0.455. The largest absolute Gasteiger partial charge is 0.385 e. The Morgan fingerprint density at radius 1 is 0.870 bits per heavy atom. The van der Waals surface area contributed by atoms with Crippen LogP contribution in [0.25, 0.3) is 0 Å². The first-order valence-electron chi connectivity index (χ1n) is 8.64. The molecule has 0 fully saturated rings. The van der Waals surface area contributed by atoms with Gasteiger partial charge in [-0.2, -0.15) is 0 Å². The van der Waals surface area contributed by atoms with Crippen LogP contribution in [0.3, 0.4) is 0 Å². The first-order valence-corrected chi connectivity index (χ1v) is 8.64. The molecule has 0 saturated heterocycles. The number of hydrogen-bond donors (Lipinski definition) is 1. The topological polar surface area (TPSA) is 20.2 Å². The normalized spacial score (nSPS) is 15.9. The van der Waals surface area contributed by atoms with Gasteiger partial charge in [0.25, 0.3) is 0 Å². The van der Waals surface area contributed by atoms with Crippen molar-refractivity contribution in [1.29, 1.82) is 0 Å². The van der Waals surface area contributed by atoms with E-state index in [0.717, 1.165) is 12.0 Å². The second-order valence-corrected chi connectivity index (χ2v) is 7.72. The Morgan fingerprint density at radius 2 is 1.39 bits per heavy atom. The van der Waals surface area contributed by atoms with Crippen molar-refractivity contribution in [3.05, 3.63) is 71.3 Å². The predicted molar refractivity (Wildman–Crippen MR) is 98.6 cm³/mol. The summed E-state index contributed by atoms with van der Waals surface area (Å²) in [5, 5.41) is 11.5. The third-order valence-electron chi connectivity index (χ3n) is 4.99. The van der Waals surface area contributed by atoms with Gasteiger partial charge in [-0.3, -0.25) is 0 Å². The number of benzene rings is 2. The van der Waals surface area contributed by atoms with Crippen LogP contribution in [0.15, 0.2) is 54.6 Å². The highest BCUT2D eigenvalue weighted by molar-refractivity contribution is 5.33. The zero-order valence-electron chi connectivity index (χ0n) is 15.1. The summed E-state index contributed by atoms with van der Waals surface area (Å²) in [7, 11) is 0. The van der Waals surface area contributed by atoms with Gasteiger partial charge in [-0.05, 0) is 28.0 Å². The van der Waals surface area contributed by atoms with E-state index in [-0.39, 0.29) is 11.3 Å². The summed E-state index contributed by atoms with van der Waals surface area (Å²) in [6.07, 6.45) is 1.60. The summed E-state index contributed by atoms with van der Waals surface area (Å²) < 4.78 is 0. The van der Waals surface area contributed by atoms with Gasteiger partial charge in [0.15, 0.2) is 0 Å². The van der Waals surface area contributed by atoms with Crippen molar-refractivity contribution < 1.29 is 5.11 Å². The van der Waals surface area contributed by atoms with Gasteiger partial charge in [0.2, 0.25) is 0 Å². The highest BCUT2D eigenvalue weighted by Crippen LogP contribution is 2.36. The van der Waals surface area contributed by atoms with Crippen molar-refractivity contribution >= 4 is 0 Å². The average molecular weight is 310 g/mol. The van der Waals surface area contributed by atoms with E-state index in [9.17, 15) is 5.11 Å². The van der Waals surface area contributed by atoms with Gasteiger partial charge in [-0.15, -0.1) is 0 Å². The lowest BCUT2D eigenvalue weighted by atomic mass is 9.75. The molecular weight excluding hydrogens is 280 g/mol. The minimum Gasteiger partial charge on any atom is -0.385 e. The van der Waals surface area contributed by atoms with Crippen LogP contribution in [-0.2, 0) is 17.4 Å². The Labute approximate surface area is 141 Å². The van der Waals surface area contributed by atoms with E-state index in [4.69, 9.17) is 0 Å². The smallest absolute Gasteiger partial charge is 0.0961 e. The molecule has 1 N–H and O–H groups in total. The van der Waals surface area contributed by atoms with Crippen molar-refractivity contribution in [3.8, 4) is 0 Å². The van der Waals surface area contributed by atoms with Crippen molar-refractivity contribution in [2.75, 3.05) is 0 Å². The zero-order valence-corrected chi connectivity index (χ0v) is 15.1. The molecule has 0 amide bonds. The van der Waals surface area contributed by atoms with Crippen LogP contribution in [0.2, 0.25) is 0 Å². The second kappa shape index (κ2) is 6.88. The molecular formula is C22H30O. The third-order valence-corrected chi connectivity index (χ3v) is 4.99. The van der Waals surface area contributed by atoms with Crippen LogP contribution >= 0.6 is 0 Å². The van der Waals surface area contributed by atoms with Crippen molar-refractivity contribution in [2.45, 2.75) is 58.5 Å². The van der Waals surface area contributed by atoms with Gasteiger partial charge in [0.05, 0.1) is 5.60 Å². The molecule has 0 aromatic heterocycles. The molecule has 124 valence electrons. The summed E-state index contributed by atoms with van der Waals surface area (Å²) in [5.41, 5.74) is 2.80. The minimum absolute atomic E-state index is 0.131. The first kappa shape index (κ1) is 17.7. The van der Waals surface area contributed by atoms with Gasteiger partial charge in [0.1, 0.15) is 0 Å². The van der Waals surface area contributed by atoms with Crippen molar-refractivity contribution in [2.24, 2.45) is 5.92 Å². The number of aliphatic hydroxyl groups is 1. The van der Waals surface area contributed by atoms with Crippen LogP contribution < -0.4 is 0 Å². The number of rotatable bonds is 5. The first-order chi connectivity index (χ1) is 10.8. The summed E-state index contributed by atoms with van der Waals surface area (Å²) in [5.74, 6) is 0.197. The Hall–Kier alpha value is -1.60. The lowest BCUT2D eigenvalue weighted by Gasteiger charge is -2.35. The SMILES string of the molecule is CCC(C)C(O)(Cc1ccccc1)c1ccc(C(C)(C)C)cc1. The van der Waals surface area contributed by atoms with Crippen LogP contribution in [0, 0.1) is 5.92 Å². The van der Waals surface area contributed by atoms with Crippen LogP contribution in [0.5, 0.6) is 0 Å². The van der Waals surface area contributed by atoms with Gasteiger partial charge in [0, 0.05) is 6.42 Å². The van der Waals surface area contributed by atoms with E-state index in [0.29, 0.717) is 6.42 Å². The van der Waals surface area contributed by atoms with Crippen molar-refractivity contribution in [3.63, 3.8) is 0 Å². The summed E-state index contributed by atoms with van der Waals surface area (Å²) >= 11 is 0. The Morgan fingerprint density at radius 3 is 1.87 bits per heavy atom. The molecule has 2 rings (SSSR count). The Bertz CT molecular complexity index is 607. The average Bonchev–Trinajstić information content (AvgIpc) is 2.54. The van der Waals surface area contributed by atoms with Crippen LogP contribution in [0.1, 0.15) is 57.7 Å². The molecule has 0 spiro atoms. The van der Waals surface area contributed by atoms with E-state index in [2.05, 4.69) is 71.0 Å². The molecule has 0 heterocycles. The molecule has 0 bridgehead atoms. The van der Waals surface area contributed by atoms with Crippen molar-refractivity contribution in [1.82, 2.24) is 0 Å². The molecule has 1 heteroatoms. The van der Waals surface area contributed by atoms with E-state index < -0.39 is 5.60 Å². The van der Waals surface area contributed by atoms with E-state index in [1.54, 1.807) is 0 Å². The fourth-order valence-electron chi connectivity index (χ4n) is 3.06. The summed E-state index contributed by atoms with van der Waals surface area (Å²) in [4.78, 5) is 0. The molecule has 1 nitrogen and oxygen atoms in total. The van der Waals surface area contributed by atoms with Gasteiger partial charge in [-0.25, -0.2) is 0 Å². The van der Waals surface area contributed by atoms with Crippen LogP contribution in [-0.4, -0.2) is 5.11 Å². The summed E-state index contributed by atoms with van der Waals surface area (Å²) in [6, 6.07) is 18.8. The third kappa shape index (κ3) is 4.03. The molecule has 2 unspecified atom stereocenters.